The summed E-state index contributed by atoms with van der Waals surface area (Å²) in [7, 11) is 3.14. The summed E-state index contributed by atoms with van der Waals surface area (Å²) >= 11 is 0. The first-order chi connectivity index (χ1) is 11.2. The molecule has 0 saturated heterocycles. The Kier molecular flexibility index (Phi) is 9.73. The van der Waals surface area contributed by atoms with Crippen molar-refractivity contribution in [1.82, 2.24) is 0 Å². The normalized spacial score (nSPS) is 10.6. The zero-order valence-electron chi connectivity index (χ0n) is 13.5. The van der Waals surface area contributed by atoms with E-state index in [0.29, 0.717) is 37.9 Å². The summed E-state index contributed by atoms with van der Waals surface area (Å²) < 4.78 is 26.2. The third-order valence-electron chi connectivity index (χ3n) is 2.38. The maximum Gasteiger partial charge on any atom is 0.352 e. The first kappa shape index (κ1) is 19.2. The first-order valence-corrected chi connectivity index (χ1v) is 6.98. The molecule has 0 unspecified atom stereocenters. The lowest BCUT2D eigenvalue weighted by atomic mass is 10.3. The van der Waals surface area contributed by atoms with Gasteiger partial charge in [-0.1, -0.05) is 6.07 Å². The Balaban J connectivity index is 2.57. The number of hydrogen-bond acceptors (Lipinski definition) is 8. The van der Waals surface area contributed by atoms with Crippen LogP contribution < -0.4 is 9.62 Å². The molecule has 0 atom stereocenters. The van der Waals surface area contributed by atoms with Crippen LogP contribution in [0.3, 0.4) is 0 Å². The first-order valence-electron chi connectivity index (χ1n) is 6.98. The Hall–Kier alpha value is -1.87. The van der Waals surface area contributed by atoms with Crippen LogP contribution in [0, 0.1) is 0 Å². The molecule has 0 bridgehead atoms. The van der Waals surface area contributed by atoms with Crippen molar-refractivity contribution >= 4 is 5.97 Å². The highest BCUT2D eigenvalue weighted by atomic mass is 17.2. The highest BCUT2D eigenvalue weighted by Crippen LogP contribution is 2.21. The quantitative estimate of drug-likeness (QED) is 0.247. The second-order valence-electron chi connectivity index (χ2n) is 4.27. The highest BCUT2D eigenvalue weighted by Gasteiger charge is 2.12. The Bertz CT molecular complexity index is 441. The molecular weight excluding hydrogens is 308 g/mol. The molecule has 0 aliphatic rings. The number of ether oxygens (including phenoxy) is 5. The van der Waals surface area contributed by atoms with Gasteiger partial charge in [-0.2, -0.15) is 0 Å². The van der Waals surface area contributed by atoms with Crippen LogP contribution in [0.1, 0.15) is 6.92 Å². The molecule has 0 amide bonds. The zero-order valence-corrected chi connectivity index (χ0v) is 13.5. The average Bonchev–Trinajstić information content (AvgIpc) is 2.53. The van der Waals surface area contributed by atoms with Crippen molar-refractivity contribution in [3.05, 3.63) is 24.3 Å². The SMILES string of the molecule is COCCOC(OCCOC)Oc1cccc(OOC(C)=O)c1. The molecule has 1 aromatic rings. The molecule has 1 rings (SSSR count). The number of methoxy groups -OCH3 is 2. The topological polar surface area (TPSA) is 81.7 Å². The van der Waals surface area contributed by atoms with Crippen molar-refractivity contribution in [2.75, 3.05) is 40.6 Å². The maximum absolute atomic E-state index is 10.7. The number of rotatable bonds is 12. The molecule has 0 aromatic heterocycles. The van der Waals surface area contributed by atoms with E-state index in [1.165, 1.54) is 13.0 Å². The van der Waals surface area contributed by atoms with E-state index in [9.17, 15) is 4.79 Å². The third kappa shape index (κ3) is 8.99. The van der Waals surface area contributed by atoms with Gasteiger partial charge in [0, 0.05) is 27.2 Å². The molecule has 8 heteroatoms. The van der Waals surface area contributed by atoms with Crippen molar-refractivity contribution in [2.24, 2.45) is 0 Å². The molecule has 0 spiro atoms. The van der Waals surface area contributed by atoms with Gasteiger partial charge >= 0.3 is 12.4 Å². The van der Waals surface area contributed by atoms with E-state index >= 15 is 0 Å². The Morgan fingerprint density at radius 1 is 1.00 bits per heavy atom. The smallest absolute Gasteiger partial charge is 0.352 e. The van der Waals surface area contributed by atoms with E-state index in [1.807, 2.05) is 0 Å². The number of hydrogen-bond donors (Lipinski definition) is 0. The zero-order chi connectivity index (χ0) is 16.9. The Labute approximate surface area is 135 Å². The van der Waals surface area contributed by atoms with Crippen LogP contribution in [-0.4, -0.2) is 53.1 Å². The summed E-state index contributed by atoms with van der Waals surface area (Å²) in [6.07, 6.45) is 0. The molecule has 0 heterocycles. The maximum atomic E-state index is 10.7. The van der Waals surface area contributed by atoms with Gasteiger partial charge in [-0.3, -0.25) is 9.78 Å². The van der Waals surface area contributed by atoms with Gasteiger partial charge in [-0.25, -0.2) is 4.79 Å². The van der Waals surface area contributed by atoms with Crippen molar-refractivity contribution in [3.63, 3.8) is 0 Å². The molecule has 23 heavy (non-hydrogen) atoms. The second kappa shape index (κ2) is 11.7. The molecule has 1 aromatic carbocycles. The van der Waals surface area contributed by atoms with E-state index in [-0.39, 0.29) is 0 Å². The van der Waals surface area contributed by atoms with Gasteiger partial charge in [0.25, 0.3) is 0 Å². The number of carbonyl (C=O) groups is 1. The van der Waals surface area contributed by atoms with E-state index in [1.54, 1.807) is 32.4 Å². The predicted molar refractivity (Wildman–Crippen MR) is 78.9 cm³/mol. The highest BCUT2D eigenvalue weighted by molar-refractivity contribution is 5.65. The molecule has 0 fully saturated rings. The van der Waals surface area contributed by atoms with Gasteiger partial charge < -0.3 is 23.7 Å². The monoisotopic (exact) mass is 330 g/mol. The molecule has 0 radical (unpaired) electrons. The Morgan fingerprint density at radius 3 is 2.17 bits per heavy atom. The van der Waals surface area contributed by atoms with Crippen molar-refractivity contribution < 1.29 is 38.3 Å². The van der Waals surface area contributed by atoms with E-state index < -0.39 is 12.4 Å². The summed E-state index contributed by atoms with van der Waals surface area (Å²) in [5.74, 6) is 0.180. The minimum absolute atomic E-state index is 0.303. The number of carbonyl (C=O) groups excluding carboxylic acids is 1. The van der Waals surface area contributed by atoms with E-state index in [2.05, 4.69) is 4.89 Å². The summed E-state index contributed by atoms with van der Waals surface area (Å²) in [6, 6.07) is 6.51. The lowest BCUT2D eigenvalue weighted by Crippen LogP contribution is -2.27. The molecule has 130 valence electrons. The largest absolute Gasteiger partial charge is 0.441 e. The van der Waals surface area contributed by atoms with Crippen molar-refractivity contribution in [1.29, 1.82) is 0 Å². The van der Waals surface area contributed by atoms with Crippen LogP contribution in [0.2, 0.25) is 0 Å². The van der Waals surface area contributed by atoms with Crippen LogP contribution in [0.15, 0.2) is 24.3 Å². The lowest BCUT2D eigenvalue weighted by Gasteiger charge is -2.19. The molecule has 0 N–H and O–H groups in total. The minimum Gasteiger partial charge on any atom is -0.441 e. The van der Waals surface area contributed by atoms with Gasteiger partial charge in [0.1, 0.15) is 5.75 Å². The van der Waals surface area contributed by atoms with Gasteiger partial charge in [0.05, 0.1) is 26.4 Å². The lowest BCUT2D eigenvalue weighted by molar-refractivity contribution is -0.253. The molecular formula is C15H22O8. The van der Waals surface area contributed by atoms with Crippen LogP contribution in [-0.2, 0) is 28.6 Å². The van der Waals surface area contributed by atoms with Crippen LogP contribution in [0.5, 0.6) is 11.5 Å². The summed E-state index contributed by atoms with van der Waals surface area (Å²) in [5.41, 5.74) is 0. The molecule has 0 aliphatic heterocycles. The molecule has 0 saturated carbocycles. The number of benzene rings is 1. The average molecular weight is 330 g/mol. The molecule has 8 nitrogen and oxygen atoms in total. The van der Waals surface area contributed by atoms with Crippen molar-refractivity contribution in [3.8, 4) is 11.5 Å². The third-order valence-corrected chi connectivity index (χ3v) is 2.38. The van der Waals surface area contributed by atoms with E-state index in [0.717, 1.165) is 0 Å². The van der Waals surface area contributed by atoms with Gasteiger partial charge in [-0.05, 0) is 12.1 Å². The van der Waals surface area contributed by atoms with Gasteiger partial charge in [0.2, 0.25) is 0 Å². The van der Waals surface area contributed by atoms with Crippen molar-refractivity contribution in [2.45, 2.75) is 13.4 Å². The van der Waals surface area contributed by atoms with Crippen LogP contribution >= 0.6 is 0 Å². The van der Waals surface area contributed by atoms with Gasteiger partial charge in [-0.15, -0.1) is 0 Å². The molecule has 0 aliphatic carbocycles. The van der Waals surface area contributed by atoms with Gasteiger partial charge in [0.15, 0.2) is 5.75 Å². The van der Waals surface area contributed by atoms with Crippen LogP contribution in [0.4, 0.5) is 0 Å². The fourth-order valence-corrected chi connectivity index (χ4v) is 1.39. The minimum atomic E-state index is -0.927. The predicted octanol–water partition coefficient (Wildman–Crippen LogP) is 1.53. The summed E-state index contributed by atoms with van der Waals surface area (Å²) in [4.78, 5) is 20.0. The fourth-order valence-electron chi connectivity index (χ4n) is 1.39. The van der Waals surface area contributed by atoms with E-state index in [4.69, 9.17) is 28.6 Å². The Morgan fingerprint density at radius 2 is 1.61 bits per heavy atom. The fraction of sp³-hybridized carbons (Fsp3) is 0.533. The second-order valence-corrected chi connectivity index (χ2v) is 4.27. The van der Waals surface area contributed by atoms with Crippen LogP contribution in [0.25, 0.3) is 0 Å². The standard InChI is InChI=1S/C15H22O8/c1-12(16)22-23-14-6-4-5-13(11-14)21-15(19-9-7-17-2)20-10-8-18-3/h4-6,11,15H,7-10H2,1-3H3. The summed E-state index contributed by atoms with van der Waals surface area (Å²) in [5, 5.41) is 0. The summed E-state index contributed by atoms with van der Waals surface area (Å²) in [6.45, 7) is 1.73.